The maximum atomic E-state index is 12.9. The van der Waals surface area contributed by atoms with Crippen LogP contribution in [0, 0.1) is 0 Å². The number of hydrogen-bond donors (Lipinski definition) is 0. The van der Waals surface area contributed by atoms with Gasteiger partial charge in [0.25, 0.3) is 5.91 Å². The number of benzene rings is 1. The van der Waals surface area contributed by atoms with Crippen LogP contribution >= 0.6 is 11.6 Å². The molecule has 6 nitrogen and oxygen atoms in total. The van der Waals surface area contributed by atoms with E-state index in [4.69, 9.17) is 21.1 Å². The second-order valence-electron chi connectivity index (χ2n) is 6.85. The topological polar surface area (TPSA) is 59.1 Å². The lowest BCUT2D eigenvalue weighted by Gasteiger charge is -2.44. The van der Waals surface area contributed by atoms with Crippen LogP contribution in [0.15, 0.2) is 24.3 Å². The molecule has 2 amide bonds. The van der Waals surface area contributed by atoms with E-state index in [0.29, 0.717) is 36.8 Å². The standard InChI is InChI=1S/C18H23ClN2O4/c1-13(2)21-11-18(12-24-9-16(21)22)10-20(7-8-25-18)17(23)14-5-3-4-6-15(14)19/h3-6,13H,7-12H2,1-2H3. The molecule has 2 aliphatic rings. The third-order valence-corrected chi connectivity index (χ3v) is 4.96. The molecule has 2 heterocycles. The van der Waals surface area contributed by atoms with Gasteiger partial charge in [-0.3, -0.25) is 9.59 Å². The number of carbonyl (C=O) groups excluding carboxylic acids is 2. The Morgan fingerprint density at radius 1 is 1.28 bits per heavy atom. The first-order valence-electron chi connectivity index (χ1n) is 8.47. The molecule has 2 saturated heterocycles. The van der Waals surface area contributed by atoms with Gasteiger partial charge in [0.2, 0.25) is 5.91 Å². The van der Waals surface area contributed by atoms with Gasteiger partial charge in [-0.15, -0.1) is 0 Å². The van der Waals surface area contributed by atoms with E-state index in [1.54, 1.807) is 34.1 Å². The van der Waals surface area contributed by atoms with Crippen molar-refractivity contribution < 1.29 is 19.1 Å². The summed E-state index contributed by atoms with van der Waals surface area (Å²) in [6, 6.07) is 7.07. The molecule has 1 atom stereocenters. The normalized spacial score (nSPS) is 24.7. The Hall–Kier alpha value is -1.63. The number of rotatable bonds is 2. The minimum Gasteiger partial charge on any atom is -0.368 e. The number of morpholine rings is 1. The van der Waals surface area contributed by atoms with E-state index in [2.05, 4.69) is 0 Å². The van der Waals surface area contributed by atoms with E-state index in [-0.39, 0.29) is 31.1 Å². The zero-order valence-electron chi connectivity index (χ0n) is 14.5. The number of amides is 2. The first-order valence-corrected chi connectivity index (χ1v) is 8.85. The minimum absolute atomic E-state index is 0.0434. The minimum atomic E-state index is -0.703. The quantitative estimate of drug-likeness (QED) is 0.801. The summed E-state index contributed by atoms with van der Waals surface area (Å²) in [6.07, 6.45) is 0. The molecule has 0 radical (unpaired) electrons. The summed E-state index contributed by atoms with van der Waals surface area (Å²) in [5, 5.41) is 0.434. The number of halogens is 1. The summed E-state index contributed by atoms with van der Waals surface area (Å²) < 4.78 is 11.6. The van der Waals surface area contributed by atoms with Crippen molar-refractivity contribution in [1.29, 1.82) is 0 Å². The Bertz CT molecular complexity index is 666. The average molecular weight is 367 g/mol. The molecule has 2 fully saturated rings. The summed E-state index contributed by atoms with van der Waals surface area (Å²) in [6.45, 7) is 5.93. The zero-order chi connectivity index (χ0) is 18.0. The number of carbonyl (C=O) groups is 2. The van der Waals surface area contributed by atoms with Crippen LogP contribution in [0.1, 0.15) is 24.2 Å². The molecule has 25 heavy (non-hydrogen) atoms. The van der Waals surface area contributed by atoms with Crippen molar-refractivity contribution in [3.8, 4) is 0 Å². The van der Waals surface area contributed by atoms with Crippen LogP contribution in [0.2, 0.25) is 5.02 Å². The Balaban J connectivity index is 1.81. The van der Waals surface area contributed by atoms with Crippen LogP contribution in [0.3, 0.4) is 0 Å². The van der Waals surface area contributed by atoms with Crippen molar-refractivity contribution in [2.24, 2.45) is 0 Å². The highest BCUT2D eigenvalue weighted by Gasteiger charge is 2.44. The van der Waals surface area contributed by atoms with Crippen molar-refractivity contribution in [2.45, 2.75) is 25.5 Å². The second-order valence-corrected chi connectivity index (χ2v) is 7.25. The van der Waals surface area contributed by atoms with Gasteiger partial charge in [-0.05, 0) is 26.0 Å². The molecule has 0 aromatic heterocycles. The van der Waals surface area contributed by atoms with Crippen LogP contribution in [-0.2, 0) is 14.3 Å². The van der Waals surface area contributed by atoms with Gasteiger partial charge in [-0.25, -0.2) is 0 Å². The summed E-state index contributed by atoms with van der Waals surface area (Å²) in [5.41, 5.74) is -0.224. The molecule has 2 aliphatic heterocycles. The van der Waals surface area contributed by atoms with Crippen molar-refractivity contribution in [3.05, 3.63) is 34.9 Å². The van der Waals surface area contributed by atoms with E-state index in [9.17, 15) is 9.59 Å². The van der Waals surface area contributed by atoms with Gasteiger partial charge in [-0.2, -0.15) is 0 Å². The molecule has 1 aromatic carbocycles. The van der Waals surface area contributed by atoms with Crippen LogP contribution in [0.25, 0.3) is 0 Å². The average Bonchev–Trinajstić information content (AvgIpc) is 2.74. The molecule has 0 N–H and O–H groups in total. The molecule has 1 spiro atoms. The van der Waals surface area contributed by atoms with E-state index in [0.717, 1.165) is 0 Å². The molecule has 1 unspecified atom stereocenters. The molecular formula is C18H23ClN2O4. The molecule has 0 bridgehead atoms. The molecule has 0 saturated carbocycles. The summed E-state index contributed by atoms with van der Waals surface area (Å²) >= 11 is 6.17. The third kappa shape index (κ3) is 3.81. The van der Waals surface area contributed by atoms with Crippen LogP contribution in [0.5, 0.6) is 0 Å². The fraction of sp³-hybridized carbons (Fsp3) is 0.556. The van der Waals surface area contributed by atoms with Crippen LogP contribution in [-0.4, -0.2) is 72.7 Å². The highest BCUT2D eigenvalue weighted by atomic mass is 35.5. The fourth-order valence-corrected chi connectivity index (χ4v) is 3.54. The SMILES string of the molecule is CC(C)N1CC2(COCC1=O)CN(C(=O)c1ccccc1Cl)CCO2. The highest BCUT2D eigenvalue weighted by molar-refractivity contribution is 6.33. The zero-order valence-corrected chi connectivity index (χ0v) is 15.3. The third-order valence-electron chi connectivity index (χ3n) is 4.63. The maximum absolute atomic E-state index is 12.9. The Morgan fingerprint density at radius 2 is 2.04 bits per heavy atom. The molecule has 0 aliphatic carbocycles. The largest absolute Gasteiger partial charge is 0.368 e. The van der Waals surface area contributed by atoms with Crippen molar-refractivity contribution in [3.63, 3.8) is 0 Å². The fourth-order valence-electron chi connectivity index (χ4n) is 3.33. The van der Waals surface area contributed by atoms with Gasteiger partial charge in [0.05, 0.1) is 36.9 Å². The lowest BCUT2D eigenvalue weighted by atomic mass is 10.00. The smallest absolute Gasteiger partial charge is 0.255 e. The van der Waals surface area contributed by atoms with Gasteiger partial charge in [0.1, 0.15) is 12.2 Å². The van der Waals surface area contributed by atoms with E-state index < -0.39 is 5.60 Å². The molecule has 1 aromatic rings. The number of hydrogen-bond acceptors (Lipinski definition) is 4. The first kappa shape index (κ1) is 18.2. The van der Waals surface area contributed by atoms with Gasteiger partial charge in [-0.1, -0.05) is 23.7 Å². The predicted molar refractivity (Wildman–Crippen MR) is 93.7 cm³/mol. The lowest BCUT2D eigenvalue weighted by molar-refractivity contribution is -0.140. The number of ether oxygens (including phenoxy) is 2. The highest BCUT2D eigenvalue weighted by Crippen LogP contribution is 2.26. The molecule has 3 rings (SSSR count). The van der Waals surface area contributed by atoms with Crippen molar-refractivity contribution in [2.75, 3.05) is 39.5 Å². The van der Waals surface area contributed by atoms with Gasteiger partial charge in [0, 0.05) is 12.6 Å². The first-order chi connectivity index (χ1) is 11.9. The Kier molecular flexibility index (Phi) is 5.32. The van der Waals surface area contributed by atoms with E-state index in [1.807, 2.05) is 13.8 Å². The summed E-state index contributed by atoms with van der Waals surface area (Å²) in [5.74, 6) is -0.176. The van der Waals surface area contributed by atoms with E-state index in [1.165, 1.54) is 0 Å². The lowest BCUT2D eigenvalue weighted by Crippen LogP contribution is -2.60. The van der Waals surface area contributed by atoms with Gasteiger partial charge < -0.3 is 19.3 Å². The van der Waals surface area contributed by atoms with Gasteiger partial charge in [0.15, 0.2) is 0 Å². The molecular weight excluding hydrogens is 344 g/mol. The second kappa shape index (κ2) is 7.32. The van der Waals surface area contributed by atoms with Crippen LogP contribution < -0.4 is 0 Å². The van der Waals surface area contributed by atoms with Crippen molar-refractivity contribution >= 4 is 23.4 Å². The summed E-state index contributed by atoms with van der Waals surface area (Å²) in [7, 11) is 0. The maximum Gasteiger partial charge on any atom is 0.255 e. The Labute approximate surface area is 152 Å². The van der Waals surface area contributed by atoms with Gasteiger partial charge >= 0.3 is 0 Å². The van der Waals surface area contributed by atoms with Crippen LogP contribution in [0.4, 0.5) is 0 Å². The predicted octanol–water partition coefficient (Wildman–Crippen LogP) is 1.82. The Morgan fingerprint density at radius 3 is 2.76 bits per heavy atom. The summed E-state index contributed by atoms with van der Waals surface area (Å²) in [4.78, 5) is 28.6. The van der Waals surface area contributed by atoms with Crippen molar-refractivity contribution in [1.82, 2.24) is 9.80 Å². The molecule has 136 valence electrons. The monoisotopic (exact) mass is 366 g/mol. The van der Waals surface area contributed by atoms with E-state index >= 15 is 0 Å². The molecule has 7 heteroatoms. The number of nitrogens with zero attached hydrogens (tertiary/aromatic N) is 2.